The van der Waals surface area contributed by atoms with Gasteiger partial charge in [0.2, 0.25) is 0 Å². The molecule has 8 heteroatoms. The van der Waals surface area contributed by atoms with Crippen molar-refractivity contribution < 1.29 is 25.2 Å². The normalized spacial score (nSPS) is 12.8. The van der Waals surface area contributed by atoms with Crippen LogP contribution >= 0.6 is 0 Å². The molecule has 0 N–H and O–H groups in total. The zero-order chi connectivity index (χ0) is 14.2. The Morgan fingerprint density at radius 3 is 1.83 bits per heavy atom. The van der Waals surface area contributed by atoms with Gasteiger partial charge in [-0.05, 0) is 19.3 Å². The maximum atomic E-state index is 10.9. The van der Waals surface area contributed by atoms with Gasteiger partial charge in [0.25, 0.3) is 20.2 Å². The van der Waals surface area contributed by atoms with Crippen LogP contribution in [0, 0.1) is 5.92 Å². The average Bonchev–Trinajstić information content (AvgIpc) is 2.19. The molecule has 0 atom stereocenters. The fraction of sp³-hybridized carbons (Fsp3) is 0.800. The van der Waals surface area contributed by atoms with Crippen LogP contribution in [0.4, 0.5) is 0 Å². The second-order valence-corrected chi connectivity index (χ2v) is 7.35. The molecule has 0 radical (unpaired) electrons. The van der Waals surface area contributed by atoms with Crippen molar-refractivity contribution >= 4 is 20.2 Å². The lowest BCUT2D eigenvalue weighted by atomic mass is 10.0. The molecule has 0 aromatic heterocycles. The van der Waals surface area contributed by atoms with Crippen LogP contribution in [-0.4, -0.2) is 42.6 Å². The fourth-order valence-electron chi connectivity index (χ4n) is 1.21. The number of rotatable bonds is 10. The monoisotopic (exact) mass is 300 g/mol. The Morgan fingerprint density at radius 2 is 1.50 bits per heavy atom. The number of allylic oxidation sites excluding steroid dienone is 1. The van der Waals surface area contributed by atoms with Crippen LogP contribution in [0.5, 0.6) is 0 Å². The minimum absolute atomic E-state index is 0.0779. The van der Waals surface area contributed by atoms with Crippen molar-refractivity contribution in [1.29, 1.82) is 0 Å². The highest BCUT2D eigenvalue weighted by atomic mass is 32.2. The molecule has 0 aromatic carbocycles. The zero-order valence-electron chi connectivity index (χ0n) is 10.7. The Kier molecular flexibility index (Phi) is 7.69. The first-order valence-electron chi connectivity index (χ1n) is 5.44. The first kappa shape index (κ1) is 17.6. The van der Waals surface area contributed by atoms with Crippen LogP contribution in [0.25, 0.3) is 0 Å². The molecule has 18 heavy (non-hydrogen) atoms. The molecule has 0 aliphatic heterocycles. The third kappa shape index (κ3) is 12.0. The van der Waals surface area contributed by atoms with Crippen LogP contribution in [0.15, 0.2) is 12.7 Å². The lowest BCUT2D eigenvalue weighted by Gasteiger charge is -2.15. The summed E-state index contributed by atoms with van der Waals surface area (Å²) in [4.78, 5) is 0. The van der Waals surface area contributed by atoms with Gasteiger partial charge in [0.05, 0.1) is 25.7 Å². The molecule has 0 heterocycles. The van der Waals surface area contributed by atoms with Gasteiger partial charge in [0.15, 0.2) is 0 Å². The topological polar surface area (TPSA) is 86.7 Å². The molecule has 0 rings (SSSR count). The van der Waals surface area contributed by atoms with E-state index < -0.39 is 20.2 Å². The van der Waals surface area contributed by atoms with Gasteiger partial charge in [-0.15, -0.1) is 6.58 Å². The Hall–Kier alpha value is -0.440. The van der Waals surface area contributed by atoms with Crippen molar-refractivity contribution in [2.24, 2.45) is 5.92 Å². The maximum Gasteiger partial charge on any atom is 0.264 e. The van der Waals surface area contributed by atoms with Crippen molar-refractivity contribution in [3.63, 3.8) is 0 Å². The van der Waals surface area contributed by atoms with E-state index in [1.165, 1.54) is 0 Å². The third-order valence-corrected chi connectivity index (χ3v) is 3.18. The molecular formula is C10H20O6S2. The highest BCUT2D eigenvalue weighted by Gasteiger charge is 2.15. The summed E-state index contributed by atoms with van der Waals surface area (Å²) < 4.78 is 52.8. The predicted octanol–water partition coefficient (Wildman–Crippen LogP) is 0.911. The van der Waals surface area contributed by atoms with Gasteiger partial charge in [-0.25, -0.2) is 0 Å². The van der Waals surface area contributed by atoms with E-state index in [0.29, 0.717) is 6.42 Å². The number of hydrogen-bond donors (Lipinski definition) is 0. The molecule has 0 unspecified atom stereocenters. The van der Waals surface area contributed by atoms with Crippen molar-refractivity contribution in [3.8, 4) is 0 Å². The molecule has 0 aliphatic rings. The summed E-state index contributed by atoms with van der Waals surface area (Å²) in [5.74, 6) is -0.283. The van der Waals surface area contributed by atoms with Gasteiger partial charge >= 0.3 is 0 Å². The standard InChI is InChI=1S/C10H20O6S2/c1-4-5-6-7-10(8-15-17(2,11)12)9-16-18(3,13)14/h4,10H,1,5-9H2,2-3H3. The van der Waals surface area contributed by atoms with E-state index in [-0.39, 0.29) is 19.1 Å². The lowest BCUT2D eigenvalue weighted by Crippen LogP contribution is -2.20. The summed E-state index contributed by atoms with van der Waals surface area (Å²) in [5, 5.41) is 0. The Labute approximate surface area is 109 Å². The summed E-state index contributed by atoms with van der Waals surface area (Å²) >= 11 is 0. The fourth-order valence-corrected chi connectivity index (χ4v) is 2.08. The molecule has 0 saturated carbocycles. The van der Waals surface area contributed by atoms with Crippen LogP contribution in [0.2, 0.25) is 0 Å². The summed E-state index contributed by atoms with van der Waals surface area (Å²) in [5.41, 5.74) is 0. The van der Waals surface area contributed by atoms with Crippen LogP contribution in [0.1, 0.15) is 19.3 Å². The van der Waals surface area contributed by atoms with E-state index in [1.54, 1.807) is 6.08 Å². The van der Waals surface area contributed by atoms with E-state index in [2.05, 4.69) is 14.9 Å². The molecule has 0 aromatic rings. The van der Waals surface area contributed by atoms with Crippen LogP contribution in [0.3, 0.4) is 0 Å². The van der Waals surface area contributed by atoms with Crippen molar-refractivity contribution in [3.05, 3.63) is 12.7 Å². The summed E-state index contributed by atoms with van der Waals surface area (Å²) in [6.45, 7) is 3.42. The quantitative estimate of drug-likeness (QED) is 0.338. The highest BCUT2D eigenvalue weighted by molar-refractivity contribution is 7.86. The molecule has 0 saturated heterocycles. The number of unbranched alkanes of at least 4 members (excludes halogenated alkanes) is 1. The Balaban J connectivity index is 4.28. The van der Waals surface area contributed by atoms with Gasteiger partial charge in [0.1, 0.15) is 0 Å². The smallest absolute Gasteiger partial charge is 0.264 e. The first-order chi connectivity index (χ1) is 8.14. The van der Waals surface area contributed by atoms with E-state index in [0.717, 1.165) is 25.4 Å². The highest BCUT2D eigenvalue weighted by Crippen LogP contribution is 2.12. The summed E-state index contributed by atoms with van der Waals surface area (Å²) in [6.07, 6.45) is 5.79. The predicted molar refractivity (Wildman–Crippen MR) is 69.1 cm³/mol. The molecule has 0 fully saturated rings. The third-order valence-electron chi connectivity index (χ3n) is 2.06. The molecule has 108 valence electrons. The second-order valence-electron chi connectivity index (χ2n) is 4.06. The van der Waals surface area contributed by atoms with Crippen LogP contribution in [-0.2, 0) is 28.6 Å². The van der Waals surface area contributed by atoms with Crippen molar-refractivity contribution in [1.82, 2.24) is 0 Å². The van der Waals surface area contributed by atoms with Crippen LogP contribution < -0.4 is 0 Å². The summed E-state index contributed by atoms with van der Waals surface area (Å²) in [7, 11) is -7.06. The maximum absolute atomic E-state index is 10.9. The van der Waals surface area contributed by atoms with E-state index >= 15 is 0 Å². The van der Waals surface area contributed by atoms with Gasteiger partial charge in [-0.2, -0.15) is 16.8 Å². The molecular weight excluding hydrogens is 280 g/mol. The van der Waals surface area contributed by atoms with E-state index in [9.17, 15) is 16.8 Å². The molecule has 0 amide bonds. The average molecular weight is 300 g/mol. The van der Waals surface area contributed by atoms with Gasteiger partial charge < -0.3 is 0 Å². The second kappa shape index (κ2) is 7.88. The summed E-state index contributed by atoms with van der Waals surface area (Å²) in [6, 6.07) is 0. The van der Waals surface area contributed by atoms with Crippen molar-refractivity contribution in [2.45, 2.75) is 19.3 Å². The lowest BCUT2D eigenvalue weighted by molar-refractivity contribution is 0.177. The molecule has 0 aliphatic carbocycles. The number of hydrogen-bond acceptors (Lipinski definition) is 6. The molecule has 0 bridgehead atoms. The van der Waals surface area contributed by atoms with Gasteiger partial charge in [0, 0.05) is 5.92 Å². The van der Waals surface area contributed by atoms with Gasteiger partial charge in [-0.1, -0.05) is 6.08 Å². The van der Waals surface area contributed by atoms with Gasteiger partial charge in [-0.3, -0.25) is 8.37 Å². The zero-order valence-corrected chi connectivity index (χ0v) is 12.3. The van der Waals surface area contributed by atoms with E-state index in [4.69, 9.17) is 0 Å². The SMILES string of the molecule is C=CCCCC(COS(C)(=O)=O)COS(C)(=O)=O. The van der Waals surface area contributed by atoms with Crippen molar-refractivity contribution in [2.75, 3.05) is 25.7 Å². The minimum atomic E-state index is -3.53. The minimum Gasteiger partial charge on any atom is -0.270 e. The Morgan fingerprint density at radius 1 is 1.06 bits per heavy atom. The molecule has 6 nitrogen and oxygen atoms in total. The first-order valence-corrected chi connectivity index (χ1v) is 9.07. The Bertz CT molecular complexity index is 401. The molecule has 0 spiro atoms. The largest absolute Gasteiger partial charge is 0.270 e. The van der Waals surface area contributed by atoms with E-state index in [1.807, 2.05) is 0 Å².